The molecule has 0 saturated heterocycles. The SMILES string of the molecule is Fc1cccc(Br)c1NC1CC2CC=CC21. The summed E-state index contributed by atoms with van der Waals surface area (Å²) in [5, 5.41) is 3.31. The first-order valence-corrected chi connectivity index (χ1v) is 6.42. The van der Waals surface area contributed by atoms with Crippen molar-refractivity contribution in [3.05, 3.63) is 40.6 Å². The third-order valence-electron chi connectivity index (χ3n) is 3.66. The molecule has 2 aliphatic rings. The Bertz CT molecular complexity index is 423. The van der Waals surface area contributed by atoms with Gasteiger partial charge in [0, 0.05) is 16.4 Å². The molecule has 3 atom stereocenters. The van der Waals surface area contributed by atoms with Crippen molar-refractivity contribution in [2.75, 3.05) is 5.32 Å². The molecule has 1 aromatic rings. The molecule has 0 amide bonds. The van der Waals surface area contributed by atoms with Gasteiger partial charge in [-0.3, -0.25) is 0 Å². The lowest BCUT2D eigenvalue weighted by Gasteiger charge is -2.41. The van der Waals surface area contributed by atoms with E-state index in [0.717, 1.165) is 16.8 Å². The molecule has 3 rings (SSSR count). The van der Waals surface area contributed by atoms with Crippen LogP contribution in [0.3, 0.4) is 0 Å². The number of hydrogen-bond donors (Lipinski definition) is 1. The number of halogens is 2. The van der Waals surface area contributed by atoms with E-state index in [0.29, 0.717) is 17.6 Å². The van der Waals surface area contributed by atoms with Crippen LogP contribution in [-0.2, 0) is 0 Å². The van der Waals surface area contributed by atoms with Crippen LogP contribution in [0.25, 0.3) is 0 Å². The maximum Gasteiger partial charge on any atom is 0.147 e. The van der Waals surface area contributed by atoms with E-state index in [-0.39, 0.29) is 5.82 Å². The van der Waals surface area contributed by atoms with E-state index >= 15 is 0 Å². The lowest BCUT2D eigenvalue weighted by atomic mass is 9.71. The topological polar surface area (TPSA) is 12.0 Å². The van der Waals surface area contributed by atoms with Gasteiger partial charge < -0.3 is 5.32 Å². The second kappa shape index (κ2) is 3.88. The van der Waals surface area contributed by atoms with E-state index in [1.165, 1.54) is 12.5 Å². The van der Waals surface area contributed by atoms with Crippen LogP contribution in [0, 0.1) is 17.7 Å². The van der Waals surface area contributed by atoms with Gasteiger partial charge in [0.25, 0.3) is 0 Å². The summed E-state index contributed by atoms with van der Waals surface area (Å²) < 4.78 is 14.4. The van der Waals surface area contributed by atoms with Crippen LogP contribution in [0.2, 0.25) is 0 Å². The van der Waals surface area contributed by atoms with E-state index in [1.807, 2.05) is 6.07 Å². The van der Waals surface area contributed by atoms with Gasteiger partial charge in [-0.05, 0) is 46.8 Å². The number of para-hydroxylation sites is 1. The number of anilines is 1. The Morgan fingerprint density at radius 1 is 1.38 bits per heavy atom. The Labute approximate surface area is 103 Å². The molecule has 0 bridgehead atoms. The standard InChI is InChI=1S/C13H13BrFN/c14-10-5-2-6-11(15)13(10)16-12-7-8-3-1-4-9(8)12/h1-2,4-6,8-9,12,16H,3,7H2. The van der Waals surface area contributed by atoms with E-state index in [1.54, 1.807) is 6.07 Å². The average Bonchev–Trinajstić information content (AvgIpc) is 2.59. The zero-order valence-electron chi connectivity index (χ0n) is 8.79. The Hall–Kier alpha value is -0.830. The molecule has 2 aliphatic carbocycles. The number of hydrogen-bond acceptors (Lipinski definition) is 1. The average molecular weight is 282 g/mol. The fraction of sp³-hybridized carbons (Fsp3) is 0.385. The highest BCUT2D eigenvalue weighted by molar-refractivity contribution is 9.10. The molecule has 0 radical (unpaired) electrons. The van der Waals surface area contributed by atoms with Gasteiger partial charge in [0.2, 0.25) is 0 Å². The molecule has 3 unspecified atom stereocenters. The van der Waals surface area contributed by atoms with Crippen LogP contribution >= 0.6 is 15.9 Å². The normalized spacial score (nSPS) is 31.0. The van der Waals surface area contributed by atoms with Gasteiger partial charge in [0.1, 0.15) is 5.82 Å². The number of benzene rings is 1. The molecular formula is C13H13BrFN. The number of rotatable bonds is 2. The molecule has 0 heterocycles. The fourth-order valence-electron chi connectivity index (χ4n) is 2.70. The quantitative estimate of drug-likeness (QED) is 0.809. The number of fused-ring (bicyclic) bond motifs is 1. The van der Waals surface area contributed by atoms with E-state index < -0.39 is 0 Å². The first-order valence-electron chi connectivity index (χ1n) is 5.63. The smallest absolute Gasteiger partial charge is 0.147 e. The highest BCUT2D eigenvalue weighted by Gasteiger charge is 2.41. The lowest BCUT2D eigenvalue weighted by molar-refractivity contribution is 0.217. The molecular weight excluding hydrogens is 269 g/mol. The Balaban J connectivity index is 1.77. The summed E-state index contributed by atoms with van der Waals surface area (Å²) in [6, 6.07) is 5.47. The maximum absolute atomic E-state index is 13.6. The monoisotopic (exact) mass is 281 g/mol. The van der Waals surface area contributed by atoms with E-state index in [4.69, 9.17) is 0 Å². The van der Waals surface area contributed by atoms with Gasteiger partial charge >= 0.3 is 0 Å². The summed E-state index contributed by atoms with van der Waals surface area (Å²) in [5.41, 5.74) is 0.603. The van der Waals surface area contributed by atoms with Crippen LogP contribution in [0.5, 0.6) is 0 Å². The van der Waals surface area contributed by atoms with Gasteiger partial charge in [0.15, 0.2) is 0 Å². The molecule has 0 aliphatic heterocycles. The summed E-state index contributed by atoms with van der Waals surface area (Å²) in [7, 11) is 0. The predicted octanol–water partition coefficient (Wildman–Crippen LogP) is 3.96. The number of allylic oxidation sites excluding steroid dienone is 1. The third kappa shape index (κ3) is 1.58. The Morgan fingerprint density at radius 3 is 3.00 bits per heavy atom. The largest absolute Gasteiger partial charge is 0.378 e. The minimum absolute atomic E-state index is 0.181. The molecule has 16 heavy (non-hydrogen) atoms. The maximum atomic E-state index is 13.6. The summed E-state index contributed by atoms with van der Waals surface area (Å²) in [6.45, 7) is 0. The van der Waals surface area contributed by atoms with Crippen LogP contribution in [0.4, 0.5) is 10.1 Å². The minimum atomic E-state index is -0.181. The van der Waals surface area contributed by atoms with Crippen LogP contribution in [0.1, 0.15) is 12.8 Å². The van der Waals surface area contributed by atoms with Gasteiger partial charge in [-0.15, -0.1) is 0 Å². The second-order valence-electron chi connectivity index (χ2n) is 4.58. The lowest BCUT2D eigenvalue weighted by Crippen LogP contribution is -2.43. The molecule has 1 fully saturated rings. The van der Waals surface area contributed by atoms with E-state index in [9.17, 15) is 4.39 Å². The van der Waals surface area contributed by atoms with Gasteiger partial charge in [-0.2, -0.15) is 0 Å². The first-order chi connectivity index (χ1) is 7.75. The number of nitrogens with one attached hydrogen (secondary N) is 1. The molecule has 1 saturated carbocycles. The molecule has 1 N–H and O–H groups in total. The van der Waals surface area contributed by atoms with Gasteiger partial charge in [-0.25, -0.2) is 4.39 Å². The molecule has 84 valence electrons. The minimum Gasteiger partial charge on any atom is -0.378 e. The van der Waals surface area contributed by atoms with Gasteiger partial charge in [-0.1, -0.05) is 18.2 Å². The highest BCUT2D eigenvalue weighted by Crippen LogP contribution is 2.44. The van der Waals surface area contributed by atoms with Crippen molar-refractivity contribution in [2.45, 2.75) is 18.9 Å². The van der Waals surface area contributed by atoms with Crippen molar-refractivity contribution in [2.24, 2.45) is 11.8 Å². The first kappa shape index (κ1) is 10.3. The summed E-state index contributed by atoms with van der Waals surface area (Å²) >= 11 is 3.38. The molecule has 0 aromatic heterocycles. The summed E-state index contributed by atoms with van der Waals surface area (Å²) in [6.07, 6.45) is 6.85. The van der Waals surface area contributed by atoms with Crippen molar-refractivity contribution in [3.63, 3.8) is 0 Å². The van der Waals surface area contributed by atoms with Crippen LogP contribution in [0.15, 0.2) is 34.8 Å². The summed E-state index contributed by atoms with van der Waals surface area (Å²) in [5.74, 6) is 1.22. The molecule has 0 spiro atoms. The zero-order valence-corrected chi connectivity index (χ0v) is 10.4. The summed E-state index contributed by atoms with van der Waals surface area (Å²) in [4.78, 5) is 0. The molecule has 1 aromatic carbocycles. The third-order valence-corrected chi connectivity index (χ3v) is 4.32. The molecule has 1 nitrogen and oxygen atoms in total. The van der Waals surface area contributed by atoms with Crippen LogP contribution < -0.4 is 5.32 Å². The zero-order chi connectivity index (χ0) is 11.1. The predicted molar refractivity (Wildman–Crippen MR) is 66.9 cm³/mol. The molecule has 3 heteroatoms. The van der Waals surface area contributed by atoms with Crippen LogP contribution in [-0.4, -0.2) is 6.04 Å². The van der Waals surface area contributed by atoms with Crippen molar-refractivity contribution >= 4 is 21.6 Å². The second-order valence-corrected chi connectivity index (χ2v) is 5.44. The van der Waals surface area contributed by atoms with Crippen molar-refractivity contribution < 1.29 is 4.39 Å². The highest BCUT2D eigenvalue weighted by atomic mass is 79.9. The van der Waals surface area contributed by atoms with Crippen molar-refractivity contribution in [1.82, 2.24) is 0 Å². The van der Waals surface area contributed by atoms with Crippen molar-refractivity contribution in [1.29, 1.82) is 0 Å². The Morgan fingerprint density at radius 2 is 2.25 bits per heavy atom. The Kier molecular flexibility index (Phi) is 2.51. The van der Waals surface area contributed by atoms with Crippen molar-refractivity contribution in [3.8, 4) is 0 Å². The van der Waals surface area contributed by atoms with Gasteiger partial charge in [0.05, 0.1) is 5.69 Å². The van der Waals surface area contributed by atoms with E-state index in [2.05, 4.69) is 33.4 Å². The fourth-order valence-corrected chi connectivity index (χ4v) is 3.16.